The molecule has 0 spiro atoms. The van der Waals surface area contributed by atoms with Crippen molar-refractivity contribution in [1.82, 2.24) is 5.32 Å². The van der Waals surface area contributed by atoms with Crippen molar-refractivity contribution >= 4 is 23.5 Å². The van der Waals surface area contributed by atoms with Gasteiger partial charge in [0, 0.05) is 24.4 Å². The predicted octanol–water partition coefficient (Wildman–Crippen LogP) is 3.57. The summed E-state index contributed by atoms with van der Waals surface area (Å²) in [4.78, 5) is 35.5. The Morgan fingerprint density at radius 3 is 2.41 bits per heavy atom. The van der Waals surface area contributed by atoms with E-state index in [-0.39, 0.29) is 17.9 Å². The highest BCUT2D eigenvalue weighted by Gasteiger charge is 2.38. The molecule has 7 nitrogen and oxygen atoms in total. The van der Waals surface area contributed by atoms with E-state index in [1.165, 1.54) is 37.7 Å². The van der Waals surface area contributed by atoms with Gasteiger partial charge in [-0.15, -0.1) is 0 Å². The molecule has 3 rings (SSSR count). The number of para-hydroxylation sites is 1. The second kappa shape index (κ2) is 12.5. The summed E-state index contributed by atoms with van der Waals surface area (Å²) in [6.07, 6.45) is 6.38. The molecule has 188 valence electrons. The Labute approximate surface area is 197 Å². The van der Waals surface area contributed by atoms with Gasteiger partial charge in [0.1, 0.15) is 0 Å². The lowest BCUT2D eigenvalue weighted by Crippen LogP contribution is -2.44. The van der Waals surface area contributed by atoms with Crippen LogP contribution in [0.25, 0.3) is 0 Å². The smallest absolute Gasteiger partial charge is 0.475 e. The number of carbonyl (C=O) groups is 3. The third-order valence-electron chi connectivity index (χ3n) is 5.92. The molecule has 0 aromatic heterocycles. The van der Waals surface area contributed by atoms with Crippen LogP contribution in [0.15, 0.2) is 36.4 Å². The first-order valence-electron chi connectivity index (χ1n) is 11.4. The number of carbonyl (C=O) groups excluding carboxylic acids is 2. The summed E-state index contributed by atoms with van der Waals surface area (Å²) in [6.45, 7) is 2.39. The number of nitrogens with two attached hydrogens (primary N) is 1. The molecular weight excluding hydrogens is 451 g/mol. The van der Waals surface area contributed by atoms with Crippen molar-refractivity contribution in [2.24, 2.45) is 11.7 Å². The highest BCUT2D eigenvalue weighted by molar-refractivity contribution is 6.03. The van der Waals surface area contributed by atoms with E-state index in [1.54, 1.807) is 13.0 Å². The van der Waals surface area contributed by atoms with Gasteiger partial charge in [-0.2, -0.15) is 13.2 Å². The summed E-state index contributed by atoms with van der Waals surface area (Å²) in [5.41, 5.74) is 7.92. The minimum absolute atomic E-state index is 0.0244. The highest BCUT2D eigenvalue weighted by Crippen LogP contribution is 2.29. The number of amides is 2. The number of hydrogen-bond donors (Lipinski definition) is 3. The number of halogens is 3. The van der Waals surface area contributed by atoms with E-state index in [1.807, 2.05) is 29.2 Å². The van der Waals surface area contributed by atoms with E-state index in [9.17, 15) is 22.8 Å². The molecule has 1 fully saturated rings. The standard InChI is InChI=1S/C22H31N3O2.C2HF3O2/c1-16(23)22(27)24-19(15-17-7-3-2-4-8-17)11-12-21(26)25-14-13-18-9-5-6-10-20(18)25;3-2(4,5)1(6)7/h5-6,9-12,16-17,19H,2-4,7-8,13-15,23H2,1H3,(H,24,27);(H,6,7)/b12-11+;/t16-,19+;/m0./s1. The summed E-state index contributed by atoms with van der Waals surface area (Å²) in [5.74, 6) is -2.35. The summed E-state index contributed by atoms with van der Waals surface area (Å²) >= 11 is 0. The summed E-state index contributed by atoms with van der Waals surface area (Å²) in [6, 6.07) is 7.34. The number of alkyl halides is 3. The molecule has 2 amide bonds. The van der Waals surface area contributed by atoms with Crippen LogP contribution < -0.4 is 16.0 Å². The molecule has 1 saturated carbocycles. The van der Waals surface area contributed by atoms with E-state index >= 15 is 0 Å². The summed E-state index contributed by atoms with van der Waals surface area (Å²) in [5, 5.41) is 10.1. The number of rotatable bonds is 6. The van der Waals surface area contributed by atoms with Crippen molar-refractivity contribution in [1.29, 1.82) is 0 Å². The molecular formula is C24H32F3N3O4. The zero-order chi connectivity index (χ0) is 25.3. The molecule has 0 radical (unpaired) electrons. The lowest BCUT2D eigenvalue weighted by Gasteiger charge is -2.26. The SMILES string of the molecule is C[C@H](N)C(=O)N[C@H](/C=C/C(=O)N1CCc2ccccc21)CC1CCCCC1.O=C(O)C(F)(F)F. The third-order valence-corrected chi connectivity index (χ3v) is 5.92. The molecule has 0 bridgehead atoms. The van der Waals surface area contributed by atoms with Crippen molar-refractivity contribution in [2.75, 3.05) is 11.4 Å². The van der Waals surface area contributed by atoms with Crippen molar-refractivity contribution in [3.8, 4) is 0 Å². The maximum Gasteiger partial charge on any atom is 0.490 e. The van der Waals surface area contributed by atoms with Crippen LogP contribution in [0.5, 0.6) is 0 Å². The average Bonchev–Trinajstić information content (AvgIpc) is 3.22. The average molecular weight is 484 g/mol. The molecule has 1 heterocycles. The molecule has 0 unspecified atom stereocenters. The number of fused-ring (bicyclic) bond motifs is 1. The number of carboxylic acid groups (broad SMARTS) is 1. The van der Waals surface area contributed by atoms with Crippen LogP contribution >= 0.6 is 0 Å². The Balaban J connectivity index is 0.000000509. The second-order valence-electron chi connectivity index (χ2n) is 8.67. The Hall–Kier alpha value is -2.88. The fourth-order valence-electron chi connectivity index (χ4n) is 4.14. The van der Waals surface area contributed by atoms with Crippen LogP contribution in [0, 0.1) is 5.92 Å². The van der Waals surface area contributed by atoms with Gasteiger partial charge in [0.05, 0.1) is 6.04 Å². The van der Waals surface area contributed by atoms with Crippen LogP contribution in [0.3, 0.4) is 0 Å². The zero-order valence-corrected chi connectivity index (χ0v) is 19.2. The Kier molecular flexibility index (Phi) is 10.1. The van der Waals surface area contributed by atoms with E-state index in [0.29, 0.717) is 12.5 Å². The predicted molar refractivity (Wildman–Crippen MR) is 122 cm³/mol. The topological polar surface area (TPSA) is 113 Å². The number of anilines is 1. The number of nitrogens with zero attached hydrogens (tertiary/aromatic N) is 1. The molecule has 1 aliphatic carbocycles. The molecule has 34 heavy (non-hydrogen) atoms. The molecule has 1 aromatic rings. The highest BCUT2D eigenvalue weighted by atomic mass is 19.4. The third kappa shape index (κ3) is 8.48. The number of hydrogen-bond acceptors (Lipinski definition) is 4. The van der Waals surface area contributed by atoms with Crippen molar-refractivity contribution < 1.29 is 32.7 Å². The first-order valence-corrected chi connectivity index (χ1v) is 11.4. The molecule has 2 aliphatic rings. The first kappa shape index (κ1) is 27.4. The lowest BCUT2D eigenvalue weighted by atomic mass is 9.84. The minimum Gasteiger partial charge on any atom is -0.475 e. The number of nitrogens with one attached hydrogen (secondary N) is 1. The Bertz CT molecular complexity index is 880. The summed E-state index contributed by atoms with van der Waals surface area (Å²) in [7, 11) is 0. The fraction of sp³-hybridized carbons (Fsp3) is 0.542. The van der Waals surface area contributed by atoms with Crippen LogP contribution in [0.1, 0.15) is 51.0 Å². The van der Waals surface area contributed by atoms with Crippen LogP contribution in [-0.2, 0) is 20.8 Å². The van der Waals surface area contributed by atoms with Gasteiger partial charge in [-0.25, -0.2) is 4.79 Å². The molecule has 4 N–H and O–H groups in total. The quantitative estimate of drug-likeness (QED) is 0.536. The molecule has 1 aliphatic heterocycles. The fourth-order valence-corrected chi connectivity index (χ4v) is 4.14. The molecule has 1 aromatic carbocycles. The van der Waals surface area contributed by atoms with Gasteiger partial charge in [0.15, 0.2) is 0 Å². The second-order valence-corrected chi connectivity index (χ2v) is 8.67. The Morgan fingerprint density at radius 2 is 1.82 bits per heavy atom. The number of aliphatic carboxylic acids is 1. The first-order chi connectivity index (χ1) is 16.0. The van der Waals surface area contributed by atoms with E-state index in [2.05, 4.69) is 11.4 Å². The van der Waals surface area contributed by atoms with Gasteiger partial charge in [-0.3, -0.25) is 9.59 Å². The van der Waals surface area contributed by atoms with Gasteiger partial charge in [0.2, 0.25) is 5.91 Å². The molecule has 2 atom stereocenters. The van der Waals surface area contributed by atoms with Crippen molar-refractivity contribution in [3.63, 3.8) is 0 Å². The van der Waals surface area contributed by atoms with Gasteiger partial charge >= 0.3 is 12.1 Å². The number of carboxylic acids is 1. The zero-order valence-electron chi connectivity index (χ0n) is 19.2. The van der Waals surface area contributed by atoms with Crippen LogP contribution in [0.2, 0.25) is 0 Å². The van der Waals surface area contributed by atoms with Gasteiger partial charge in [0.25, 0.3) is 5.91 Å². The molecule has 10 heteroatoms. The van der Waals surface area contributed by atoms with E-state index in [0.717, 1.165) is 18.5 Å². The van der Waals surface area contributed by atoms with E-state index in [4.69, 9.17) is 15.6 Å². The minimum atomic E-state index is -5.08. The monoisotopic (exact) mass is 483 g/mol. The van der Waals surface area contributed by atoms with Crippen molar-refractivity contribution in [3.05, 3.63) is 42.0 Å². The normalized spacial score (nSPS) is 18.0. The number of benzene rings is 1. The maximum absolute atomic E-state index is 12.7. The maximum atomic E-state index is 12.7. The lowest BCUT2D eigenvalue weighted by molar-refractivity contribution is -0.192. The molecule has 0 saturated heterocycles. The van der Waals surface area contributed by atoms with E-state index < -0.39 is 18.2 Å². The van der Waals surface area contributed by atoms with Crippen LogP contribution in [0.4, 0.5) is 18.9 Å². The van der Waals surface area contributed by atoms with Gasteiger partial charge in [-0.05, 0) is 37.3 Å². The largest absolute Gasteiger partial charge is 0.490 e. The Morgan fingerprint density at radius 1 is 1.21 bits per heavy atom. The summed E-state index contributed by atoms with van der Waals surface area (Å²) < 4.78 is 31.7. The van der Waals surface area contributed by atoms with Crippen molar-refractivity contribution in [2.45, 2.75) is 70.1 Å². The van der Waals surface area contributed by atoms with Gasteiger partial charge in [-0.1, -0.05) is 56.4 Å². The van der Waals surface area contributed by atoms with Gasteiger partial charge < -0.3 is 21.1 Å². The van der Waals surface area contributed by atoms with Crippen LogP contribution in [-0.4, -0.2) is 47.7 Å².